The fraction of sp³-hybridized carbons (Fsp3) is 0.692. The molecule has 0 saturated carbocycles. The van der Waals surface area contributed by atoms with E-state index >= 15 is 0 Å². The van der Waals surface area contributed by atoms with Crippen LogP contribution in [0, 0.1) is 6.92 Å². The number of nitrogens with one attached hydrogen (secondary N) is 1. The molecule has 102 valence electrons. The molecule has 1 aromatic heterocycles. The third-order valence-corrected chi connectivity index (χ3v) is 3.21. The average Bonchev–Trinajstić information content (AvgIpc) is 2.38. The lowest BCUT2D eigenvalue weighted by molar-refractivity contribution is 0.132. The lowest BCUT2D eigenvalue weighted by Gasteiger charge is -2.24. The Hall–Kier alpha value is -0.710. The summed E-state index contributed by atoms with van der Waals surface area (Å²) in [4.78, 5) is 8.91. The summed E-state index contributed by atoms with van der Waals surface area (Å²) in [5, 5.41) is 3.39. The fourth-order valence-electron chi connectivity index (χ4n) is 2.28. The number of hydrogen-bond acceptors (Lipinski definition) is 4. The topological polar surface area (TPSA) is 47.0 Å². The molecule has 5 heteroatoms. The van der Waals surface area contributed by atoms with E-state index in [-0.39, 0.29) is 12.4 Å². The van der Waals surface area contributed by atoms with Crippen molar-refractivity contribution in [1.29, 1.82) is 0 Å². The second-order valence-electron chi connectivity index (χ2n) is 4.49. The van der Waals surface area contributed by atoms with Crippen molar-refractivity contribution in [2.75, 3.05) is 19.7 Å². The summed E-state index contributed by atoms with van der Waals surface area (Å²) in [6, 6.07) is 0. The predicted molar refractivity (Wildman–Crippen MR) is 74.2 cm³/mol. The molecule has 0 bridgehead atoms. The van der Waals surface area contributed by atoms with Crippen molar-refractivity contribution >= 4 is 12.4 Å². The third-order valence-electron chi connectivity index (χ3n) is 3.21. The van der Waals surface area contributed by atoms with Gasteiger partial charge in [-0.1, -0.05) is 0 Å². The average molecular weight is 272 g/mol. The van der Waals surface area contributed by atoms with E-state index in [4.69, 9.17) is 4.74 Å². The molecule has 1 N–H and O–H groups in total. The Labute approximate surface area is 115 Å². The van der Waals surface area contributed by atoms with Gasteiger partial charge in [-0.2, -0.15) is 0 Å². The smallest absolute Gasteiger partial charge is 0.125 e. The van der Waals surface area contributed by atoms with Crippen LogP contribution in [0.2, 0.25) is 0 Å². The highest BCUT2D eigenvalue weighted by Gasteiger charge is 2.20. The van der Waals surface area contributed by atoms with Gasteiger partial charge in [-0.05, 0) is 39.8 Å². The Morgan fingerprint density at radius 3 is 2.78 bits per heavy atom. The first-order chi connectivity index (χ1) is 8.31. The molecule has 0 unspecified atom stereocenters. The van der Waals surface area contributed by atoms with Gasteiger partial charge >= 0.3 is 0 Å². The molecule has 0 atom stereocenters. The molecule has 1 aliphatic heterocycles. The minimum atomic E-state index is 0. The summed E-state index contributed by atoms with van der Waals surface area (Å²) < 4.78 is 5.50. The lowest BCUT2D eigenvalue weighted by Crippen LogP contribution is -2.27. The highest BCUT2D eigenvalue weighted by Crippen LogP contribution is 2.26. The number of nitrogens with zero attached hydrogens (tertiary/aromatic N) is 2. The molecule has 0 amide bonds. The van der Waals surface area contributed by atoms with E-state index in [0.29, 0.717) is 12.5 Å². The van der Waals surface area contributed by atoms with E-state index in [2.05, 4.69) is 15.3 Å². The number of ether oxygens (including phenoxy) is 1. The summed E-state index contributed by atoms with van der Waals surface area (Å²) in [6.45, 7) is 7.51. The molecule has 1 aromatic rings. The largest absolute Gasteiger partial charge is 0.377 e. The highest BCUT2D eigenvalue weighted by molar-refractivity contribution is 5.85. The normalized spacial score (nSPS) is 16.3. The van der Waals surface area contributed by atoms with E-state index in [1.807, 2.05) is 20.0 Å². The Kier molecular flexibility index (Phi) is 6.54. The molecule has 18 heavy (non-hydrogen) atoms. The van der Waals surface area contributed by atoms with E-state index in [1.54, 1.807) is 0 Å². The zero-order valence-electron chi connectivity index (χ0n) is 11.1. The first-order valence-corrected chi connectivity index (χ1v) is 6.42. The molecular formula is C13H22ClN3O. The highest BCUT2D eigenvalue weighted by atomic mass is 35.5. The summed E-state index contributed by atoms with van der Waals surface area (Å²) >= 11 is 0. The molecule has 2 heterocycles. The lowest BCUT2D eigenvalue weighted by atomic mass is 9.92. The van der Waals surface area contributed by atoms with Crippen LogP contribution < -0.4 is 5.32 Å². The van der Waals surface area contributed by atoms with Crippen molar-refractivity contribution in [3.05, 3.63) is 23.3 Å². The number of halogens is 1. The fourth-order valence-corrected chi connectivity index (χ4v) is 2.28. The van der Waals surface area contributed by atoms with Gasteiger partial charge in [-0.25, -0.2) is 9.97 Å². The summed E-state index contributed by atoms with van der Waals surface area (Å²) in [7, 11) is 0. The van der Waals surface area contributed by atoms with Gasteiger partial charge in [0.1, 0.15) is 5.82 Å². The first-order valence-electron chi connectivity index (χ1n) is 6.42. The van der Waals surface area contributed by atoms with Crippen LogP contribution in [0.25, 0.3) is 0 Å². The van der Waals surface area contributed by atoms with Crippen LogP contribution >= 0.6 is 12.4 Å². The van der Waals surface area contributed by atoms with Gasteiger partial charge in [0.25, 0.3) is 0 Å². The van der Waals surface area contributed by atoms with Crippen molar-refractivity contribution in [2.45, 2.75) is 39.2 Å². The molecule has 2 rings (SSSR count). The maximum atomic E-state index is 5.50. The number of hydrogen-bond donors (Lipinski definition) is 1. The Morgan fingerprint density at radius 1 is 1.39 bits per heavy atom. The predicted octanol–water partition coefficient (Wildman–Crippen LogP) is 2.21. The zero-order valence-corrected chi connectivity index (χ0v) is 11.9. The van der Waals surface area contributed by atoms with E-state index in [0.717, 1.165) is 43.9 Å². The van der Waals surface area contributed by atoms with Gasteiger partial charge in [0.15, 0.2) is 0 Å². The molecular weight excluding hydrogens is 250 g/mol. The maximum absolute atomic E-state index is 5.50. The SMILES string of the molecule is CCOCc1cnc(C)nc1C1CCNCC1.Cl. The number of piperidine rings is 1. The van der Waals surface area contributed by atoms with Crippen molar-refractivity contribution in [3.63, 3.8) is 0 Å². The van der Waals surface area contributed by atoms with Crippen LogP contribution in [0.3, 0.4) is 0 Å². The summed E-state index contributed by atoms with van der Waals surface area (Å²) in [5.41, 5.74) is 2.36. The molecule has 1 saturated heterocycles. The molecule has 0 aliphatic carbocycles. The quantitative estimate of drug-likeness (QED) is 0.912. The van der Waals surface area contributed by atoms with Crippen LogP contribution in [0.15, 0.2) is 6.20 Å². The number of aryl methyl sites for hydroxylation is 1. The maximum Gasteiger partial charge on any atom is 0.125 e. The monoisotopic (exact) mass is 271 g/mol. The van der Waals surface area contributed by atoms with E-state index < -0.39 is 0 Å². The van der Waals surface area contributed by atoms with Gasteiger partial charge < -0.3 is 10.1 Å². The van der Waals surface area contributed by atoms with Crippen LogP contribution in [-0.4, -0.2) is 29.7 Å². The molecule has 0 spiro atoms. The van der Waals surface area contributed by atoms with Crippen LogP contribution in [-0.2, 0) is 11.3 Å². The molecule has 1 fully saturated rings. The van der Waals surface area contributed by atoms with Crippen LogP contribution in [0.5, 0.6) is 0 Å². The Balaban J connectivity index is 0.00000162. The van der Waals surface area contributed by atoms with Gasteiger partial charge in [0, 0.05) is 24.3 Å². The molecule has 0 aromatic carbocycles. The Bertz CT molecular complexity index is 367. The van der Waals surface area contributed by atoms with E-state index in [1.165, 1.54) is 5.69 Å². The second kappa shape index (κ2) is 7.67. The first kappa shape index (κ1) is 15.3. The van der Waals surface area contributed by atoms with E-state index in [9.17, 15) is 0 Å². The van der Waals surface area contributed by atoms with Gasteiger partial charge in [-0.3, -0.25) is 0 Å². The third kappa shape index (κ3) is 3.90. The molecule has 4 nitrogen and oxygen atoms in total. The summed E-state index contributed by atoms with van der Waals surface area (Å²) in [5.74, 6) is 1.42. The van der Waals surface area contributed by atoms with Crippen molar-refractivity contribution in [2.24, 2.45) is 0 Å². The van der Waals surface area contributed by atoms with Gasteiger partial charge in [0.05, 0.1) is 12.3 Å². The minimum absolute atomic E-state index is 0. The van der Waals surface area contributed by atoms with Crippen molar-refractivity contribution < 1.29 is 4.74 Å². The second-order valence-corrected chi connectivity index (χ2v) is 4.49. The van der Waals surface area contributed by atoms with Gasteiger partial charge in [-0.15, -0.1) is 12.4 Å². The van der Waals surface area contributed by atoms with Crippen LogP contribution in [0.1, 0.15) is 42.8 Å². The van der Waals surface area contributed by atoms with Crippen molar-refractivity contribution in [3.8, 4) is 0 Å². The molecule has 1 aliphatic rings. The number of aromatic nitrogens is 2. The zero-order chi connectivity index (χ0) is 12.1. The molecule has 0 radical (unpaired) electrons. The standard InChI is InChI=1S/C13H21N3O.ClH/c1-3-17-9-12-8-15-10(2)16-13(12)11-4-6-14-7-5-11;/h8,11,14H,3-7,9H2,1-2H3;1H. The number of rotatable bonds is 4. The minimum Gasteiger partial charge on any atom is -0.377 e. The summed E-state index contributed by atoms with van der Waals surface area (Å²) in [6.07, 6.45) is 4.25. The Morgan fingerprint density at radius 2 is 2.11 bits per heavy atom. The van der Waals surface area contributed by atoms with Gasteiger partial charge in [0.2, 0.25) is 0 Å². The van der Waals surface area contributed by atoms with Crippen molar-refractivity contribution in [1.82, 2.24) is 15.3 Å². The van der Waals surface area contributed by atoms with Crippen LogP contribution in [0.4, 0.5) is 0 Å².